The van der Waals surface area contributed by atoms with Crippen molar-refractivity contribution >= 4 is 17.9 Å². The van der Waals surface area contributed by atoms with Gasteiger partial charge in [-0.1, -0.05) is 26.2 Å². The molecule has 0 aromatic heterocycles. The topological polar surface area (TPSA) is 138 Å². The Labute approximate surface area is 164 Å². The average molecular weight is 408 g/mol. The Kier molecular flexibility index (Phi) is 15.2. The lowest BCUT2D eigenvalue weighted by Gasteiger charge is -2.16. The predicted octanol–water partition coefficient (Wildman–Crippen LogP) is 1.36. The number of rotatable bonds is 16. The number of unbranched alkanes of at least 4 members (excludes halogenated alkanes) is 1. The second-order valence-corrected chi connectivity index (χ2v) is 6.42. The third-order valence-electron chi connectivity index (χ3n) is 3.51. The molecule has 0 rings (SSSR count). The first-order valence-corrected chi connectivity index (χ1v) is 9.40. The lowest BCUT2D eigenvalue weighted by atomic mass is 10.0. The summed E-state index contributed by atoms with van der Waals surface area (Å²) in [4.78, 5) is 51.2. The molecule has 0 amide bonds. The summed E-state index contributed by atoms with van der Waals surface area (Å²) >= 11 is 0. The van der Waals surface area contributed by atoms with Gasteiger partial charge in [-0.2, -0.15) is 9.78 Å². The van der Waals surface area contributed by atoms with Crippen LogP contribution in [0.3, 0.4) is 0 Å². The van der Waals surface area contributed by atoms with Crippen LogP contribution < -0.4 is 0 Å². The second-order valence-electron chi connectivity index (χ2n) is 6.42. The molecule has 164 valence electrons. The summed E-state index contributed by atoms with van der Waals surface area (Å²) in [5, 5.41) is 19.5. The highest BCUT2D eigenvalue weighted by molar-refractivity contribution is 5.70. The Morgan fingerprint density at radius 1 is 0.857 bits per heavy atom. The molecule has 0 radical (unpaired) electrons. The Morgan fingerprint density at radius 2 is 1.46 bits per heavy atom. The number of carbonyl (C=O) groups is 3. The van der Waals surface area contributed by atoms with E-state index in [4.69, 9.17) is 9.62 Å². The monoisotopic (exact) mass is 408 g/mol. The van der Waals surface area contributed by atoms with Gasteiger partial charge in [0, 0.05) is 13.8 Å². The number of carbonyl (C=O) groups excluding carboxylic acids is 3. The summed E-state index contributed by atoms with van der Waals surface area (Å²) in [6.07, 6.45) is 1.81. The fourth-order valence-electron chi connectivity index (χ4n) is 2.21. The zero-order valence-corrected chi connectivity index (χ0v) is 16.8. The Hall–Kier alpha value is -1.75. The Morgan fingerprint density at radius 3 is 2.04 bits per heavy atom. The molecule has 0 spiro atoms. The van der Waals surface area contributed by atoms with Gasteiger partial charge in [0.2, 0.25) is 0 Å². The Bertz CT molecular complexity index is 454. The van der Waals surface area contributed by atoms with Crippen molar-refractivity contribution in [1.82, 2.24) is 0 Å². The van der Waals surface area contributed by atoms with Gasteiger partial charge >= 0.3 is 17.9 Å². The van der Waals surface area contributed by atoms with Crippen LogP contribution in [0, 0.1) is 0 Å². The van der Waals surface area contributed by atoms with E-state index in [-0.39, 0.29) is 25.7 Å². The molecule has 0 saturated heterocycles. The average Bonchev–Trinajstić information content (AvgIpc) is 2.60. The van der Waals surface area contributed by atoms with Crippen LogP contribution in [0.25, 0.3) is 0 Å². The third kappa shape index (κ3) is 16.4. The van der Waals surface area contributed by atoms with Gasteiger partial charge in [-0.3, -0.25) is 14.6 Å². The molecule has 0 aromatic rings. The van der Waals surface area contributed by atoms with E-state index in [1.165, 1.54) is 0 Å². The number of aliphatic hydroxyl groups is 2. The fourth-order valence-corrected chi connectivity index (χ4v) is 2.21. The quantitative estimate of drug-likeness (QED) is 0.167. The van der Waals surface area contributed by atoms with Crippen molar-refractivity contribution in [1.29, 1.82) is 0 Å². The molecule has 3 atom stereocenters. The van der Waals surface area contributed by atoms with Crippen LogP contribution in [-0.2, 0) is 38.7 Å². The molecule has 10 heteroatoms. The molecule has 0 aliphatic heterocycles. The van der Waals surface area contributed by atoms with Crippen LogP contribution in [0.4, 0.5) is 0 Å². The summed E-state index contributed by atoms with van der Waals surface area (Å²) < 4.78 is 4.97. The molecule has 0 bridgehead atoms. The molecule has 28 heavy (non-hydrogen) atoms. The third-order valence-corrected chi connectivity index (χ3v) is 3.51. The van der Waals surface area contributed by atoms with Crippen LogP contribution in [-0.4, -0.2) is 59.6 Å². The number of aliphatic hydroxyl groups excluding tert-OH is 2. The maximum Gasteiger partial charge on any atom is 0.339 e. The molecule has 0 heterocycles. The summed E-state index contributed by atoms with van der Waals surface area (Å²) in [5.74, 6) is -2.07. The zero-order chi connectivity index (χ0) is 21.4. The molecule has 10 nitrogen and oxygen atoms in total. The summed E-state index contributed by atoms with van der Waals surface area (Å²) in [6, 6.07) is 0. The van der Waals surface area contributed by atoms with Gasteiger partial charge in [0.25, 0.3) is 0 Å². The standard InChI is InChI=1S/C18H32O10/c1-4-7-15(21)8-5-6-9-16(22)10-18(23)24-11-17(28-27-14(3)20)12-25-26-13(2)19/h15-17,21-22H,4-12H2,1-3H3. The molecular formula is C18H32O10. The van der Waals surface area contributed by atoms with Crippen LogP contribution in [0.5, 0.6) is 0 Å². The van der Waals surface area contributed by atoms with Crippen LogP contribution in [0.15, 0.2) is 0 Å². The molecule has 0 saturated carbocycles. The highest BCUT2D eigenvalue weighted by atomic mass is 17.2. The van der Waals surface area contributed by atoms with Gasteiger partial charge in [0.05, 0.1) is 18.6 Å². The lowest BCUT2D eigenvalue weighted by molar-refractivity contribution is -0.339. The summed E-state index contributed by atoms with van der Waals surface area (Å²) in [7, 11) is 0. The SMILES string of the molecule is CCCC(O)CCCCC(O)CC(=O)OCC(COOC(C)=O)OOC(C)=O. The van der Waals surface area contributed by atoms with E-state index < -0.39 is 30.1 Å². The first-order chi connectivity index (χ1) is 13.2. The maximum absolute atomic E-state index is 11.8. The minimum absolute atomic E-state index is 0.206. The van der Waals surface area contributed by atoms with Crippen molar-refractivity contribution in [3.05, 3.63) is 0 Å². The number of hydrogen-bond acceptors (Lipinski definition) is 10. The second kappa shape index (κ2) is 16.2. The predicted molar refractivity (Wildman–Crippen MR) is 95.3 cm³/mol. The van der Waals surface area contributed by atoms with E-state index in [2.05, 4.69) is 14.7 Å². The van der Waals surface area contributed by atoms with Crippen LogP contribution in [0.2, 0.25) is 0 Å². The highest BCUT2D eigenvalue weighted by Gasteiger charge is 2.19. The molecule has 0 aliphatic rings. The van der Waals surface area contributed by atoms with Crippen molar-refractivity contribution in [2.45, 2.75) is 84.0 Å². The van der Waals surface area contributed by atoms with Crippen molar-refractivity contribution in [3.63, 3.8) is 0 Å². The minimum atomic E-state index is -1.01. The van der Waals surface area contributed by atoms with Crippen molar-refractivity contribution in [3.8, 4) is 0 Å². The first-order valence-electron chi connectivity index (χ1n) is 9.40. The molecule has 3 unspecified atom stereocenters. The summed E-state index contributed by atoms with van der Waals surface area (Å²) in [6.45, 7) is 3.59. The minimum Gasteiger partial charge on any atom is -0.463 e. The fraction of sp³-hybridized carbons (Fsp3) is 0.833. The van der Waals surface area contributed by atoms with Crippen LogP contribution >= 0.6 is 0 Å². The molecular weight excluding hydrogens is 376 g/mol. The zero-order valence-electron chi connectivity index (χ0n) is 16.8. The van der Waals surface area contributed by atoms with Gasteiger partial charge in [-0.05, 0) is 19.3 Å². The van der Waals surface area contributed by atoms with Gasteiger partial charge in [-0.25, -0.2) is 9.59 Å². The number of hydrogen-bond donors (Lipinski definition) is 2. The smallest absolute Gasteiger partial charge is 0.339 e. The van der Waals surface area contributed by atoms with E-state index in [1.807, 2.05) is 6.92 Å². The normalized spacial score (nSPS) is 14.0. The van der Waals surface area contributed by atoms with E-state index in [0.717, 1.165) is 33.1 Å². The van der Waals surface area contributed by atoms with Crippen molar-refractivity contribution < 1.29 is 48.9 Å². The lowest BCUT2D eigenvalue weighted by Crippen LogP contribution is -2.29. The van der Waals surface area contributed by atoms with Gasteiger partial charge in [0.15, 0.2) is 6.10 Å². The largest absolute Gasteiger partial charge is 0.463 e. The van der Waals surface area contributed by atoms with E-state index in [9.17, 15) is 24.6 Å². The van der Waals surface area contributed by atoms with Gasteiger partial charge in [-0.15, -0.1) is 0 Å². The molecule has 0 aliphatic carbocycles. The van der Waals surface area contributed by atoms with Gasteiger partial charge < -0.3 is 14.9 Å². The van der Waals surface area contributed by atoms with E-state index >= 15 is 0 Å². The molecule has 0 aromatic carbocycles. The number of esters is 1. The molecule has 0 fully saturated rings. The van der Waals surface area contributed by atoms with E-state index in [0.29, 0.717) is 19.3 Å². The van der Waals surface area contributed by atoms with Crippen molar-refractivity contribution in [2.24, 2.45) is 0 Å². The highest BCUT2D eigenvalue weighted by Crippen LogP contribution is 2.11. The van der Waals surface area contributed by atoms with Gasteiger partial charge in [0.1, 0.15) is 13.2 Å². The number of ether oxygens (including phenoxy) is 1. The Balaban J connectivity index is 4.08. The molecule has 2 N–H and O–H groups in total. The first kappa shape index (κ1) is 26.2. The van der Waals surface area contributed by atoms with Crippen LogP contribution in [0.1, 0.15) is 65.7 Å². The van der Waals surface area contributed by atoms with E-state index in [1.54, 1.807) is 0 Å². The van der Waals surface area contributed by atoms with Crippen molar-refractivity contribution in [2.75, 3.05) is 13.2 Å². The maximum atomic E-state index is 11.8. The summed E-state index contributed by atoms with van der Waals surface area (Å²) in [5.41, 5.74) is 0.